The fourth-order valence-corrected chi connectivity index (χ4v) is 2.09. The molecule has 0 spiro atoms. The Morgan fingerprint density at radius 1 is 1.09 bits per heavy atom. The van der Waals surface area contributed by atoms with Crippen molar-refractivity contribution in [1.82, 2.24) is 5.43 Å². The molecular weight excluding hydrogens is 344 g/mol. The first kappa shape index (κ1) is 16.2. The summed E-state index contributed by atoms with van der Waals surface area (Å²) in [5, 5.41) is 4.13. The third-order valence-corrected chi connectivity index (χ3v) is 3.54. The van der Waals surface area contributed by atoms with Gasteiger partial charge in [-0.25, -0.2) is 5.43 Å². The Kier molecular flexibility index (Phi) is 5.72. The van der Waals surface area contributed by atoms with E-state index < -0.39 is 0 Å². The maximum Gasteiger partial charge on any atom is 0.271 e. The summed E-state index contributed by atoms with van der Waals surface area (Å²) in [5.41, 5.74) is 4.79. The third kappa shape index (κ3) is 4.43. The van der Waals surface area contributed by atoms with Gasteiger partial charge in [-0.15, -0.1) is 0 Å². The molecule has 0 bridgehead atoms. The maximum atomic E-state index is 12.0. The van der Waals surface area contributed by atoms with Crippen molar-refractivity contribution < 1.29 is 9.53 Å². The van der Waals surface area contributed by atoms with Gasteiger partial charge in [0, 0.05) is 10.0 Å². The second-order valence-electron chi connectivity index (χ2n) is 4.60. The zero-order valence-electron chi connectivity index (χ0n) is 12.5. The molecule has 0 aliphatic carbocycles. The predicted octanol–water partition coefficient (Wildman–Crippen LogP) is 4.00. The van der Waals surface area contributed by atoms with Crippen LogP contribution in [0.5, 0.6) is 5.75 Å². The molecule has 2 rings (SSSR count). The molecule has 114 valence electrons. The van der Waals surface area contributed by atoms with Gasteiger partial charge in [0.2, 0.25) is 0 Å². The van der Waals surface area contributed by atoms with Crippen LogP contribution in [-0.4, -0.2) is 18.2 Å². The van der Waals surface area contributed by atoms with Gasteiger partial charge in [-0.3, -0.25) is 4.79 Å². The van der Waals surface area contributed by atoms with Crippen molar-refractivity contribution in [2.45, 2.75) is 13.8 Å². The van der Waals surface area contributed by atoms with E-state index in [9.17, 15) is 4.79 Å². The van der Waals surface area contributed by atoms with E-state index in [4.69, 9.17) is 4.74 Å². The van der Waals surface area contributed by atoms with Crippen LogP contribution in [-0.2, 0) is 0 Å². The van der Waals surface area contributed by atoms with Gasteiger partial charge in [0.15, 0.2) is 0 Å². The Morgan fingerprint density at radius 3 is 2.27 bits per heavy atom. The molecule has 0 heterocycles. The third-order valence-electron chi connectivity index (χ3n) is 3.01. The summed E-state index contributed by atoms with van der Waals surface area (Å²) in [7, 11) is 0. The molecule has 0 atom stereocenters. The number of nitrogens with one attached hydrogen (secondary N) is 1. The van der Waals surface area contributed by atoms with Crippen LogP contribution in [0.2, 0.25) is 0 Å². The van der Waals surface area contributed by atoms with Crippen molar-refractivity contribution >= 4 is 27.5 Å². The summed E-state index contributed by atoms with van der Waals surface area (Å²) >= 11 is 3.38. The fourth-order valence-electron chi connectivity index (χ4n) is 1.82. The molecule has 4 nitrogen and oxygen atoms in total. The standard InChI is InChI=1S/C17H17BrN2O2/c1-3-22-16-10-6-14(7-11-16)17(21)20-19-12(2)13-4-8-15(18)9-5-13/h4-11H,3H2,1-2H3,(H,20,21)/b19-12-. The van der Waals surface area contributed by atoms with Crippen molar-refractivity contribution in [3.63, 3.8) is 0 Å². The lowest BCUT2D eigenvalue weighted by molar-refractivity contribution is 0.0955. The van der Waals surface area contributed by atoms with Crippen molar-refractivity contribution in [3.8, 4) is 5.75 Å². The molecule has 5 heteroatoms. The number of amides is 1. The Balaban J connectivity index is 2.01. The van der Waals surface area contributed by atoms with Crippen LogP contribution in [0.3, 0.4) is 0 Å². The molecule has 2 aromatic rings. The van der Waals surface area contributed by atoms with Crippen LogP contribution in [0.4, 0.5) is 0 Å². The monoisotopic (exact) mass is 360 g/mol. The maximum absolute atomic E-state index is 12.0. The number of nitrogens with zero attached hydrogens (tertiary/aromatic N) is 1. The Hall–Kier alpha value is -2.14. The Bertz CT molecular complexity index is 664. The van der Waals surface area contributed by atoms with Gasteiger partial charge in [-0.05, 0) is 55.8 Å². The average molecular weight is 361 g/mol. The van der Waals surface area contributed by atoms with Gasteiger partial charge in [0.05, 0.1) is 12.3 Å². The largest absolute Gasteiger partial charge is 0.494 e. The van der Waals surface area contributed by atoms with Gasteiger partial charge in [-0.1, -0.05) is 28.1 Å². The number of halogens is 1. The van der Waals surface area contributed by atoms with E-state index in [1.807, 2.05) is 38.1 Å². The molecule has 0 fully saturated rings. The highest BCUT2D eigenvalue weighted by Crippen LogP contribution is 2.13. The molecule has 0 unspecified atom stereocenters. The molecule has 22 heavy (non-hydrogen) atoms. The number of hydrogen-bond donors (Lipinski definition) is 1. The first-order valence-electron chi connectivity index (χ1n) is 6.93. The topological polar surface area (TPSA) is 50.7 Å². The van der Waals surface area contributed by atoms with Crippen LogP contribution < -0.4 is 10.2 Å². The minimum Gasteiger partial charge on any atom is -0.494 e. The SMILES string of the molecule is CCOc1ccc(C(=O)N/N=C(/C)c2ccc(Br)cc2)cc1. The van der Waals surface area contributed by atoms with Gasteiger partial charge >= 0.3 is 0 Å². The van der Waals surface area contributed by atoms with Gasteiger partial charge < -0.3 is 4.74 Å². The summed E-state index contributed by atoms with van der Waals surface area (Å²) in [6.45, 7) is 4.37. The molecule has 0 saturated carbocycles. The quantitative estimate of drug-likeness (QED) is 0.646. The van der Waals surface area contributed by atoms with Gasteiger partial charge in [0.25, 0.3) is 5.91 Å². The molecule has 1 amide bonds. The average Bonchev–Trinajstić information content (AvgIpc) is 2.54. The molecule has 0 aromatic heterocycles. The van der Waals surface area contributed by atoms with Gasteiger partial charge in [0.1, 0.15) is 5.75 Å². The molecule has 0 aliphatic heterocycles. The predicted molar refractivity (Wildman–Crippen MR) is 91.4 cm³/mol. The molecule has 0 saturated heterocycles. The lowest BCUT2D eigenvalue weighted by Gasteiger charge is -2.05. The van der Waals surface area contributed by atoms with E-state index in [-0.39, 0.29) is 5.91 Å². The fraction of sp³-hybridized carbons (Fsp3) is 0.176. The summed E-state index contributed by atoms with van der Waals surface area (Å²) in [5.74, 6) is 0.494. The smallest absolute Gasteiger partial charge is 0.271 e. The second-order valence-corrected chi connectivity index (χ2v) is 5.52. The summed E-state index contributed by atoms with van der Waals surface area (Å²) in [6.07, 6.45) is 0. The zero-order valence-corrected chi connectivity index (χ0v) is 14.1. The van der Waals surface area contributed by atoms with Crippen LogP contribution in [0.25, 0.3) is 0 Å². The zero-order chi connectivity index (χ0) is 15.9. The number of rotatable bonds is 5. The highest BCUT2D eigenvalue weighted by Gasteiger charge is 2.05. The first-order chi connectivity index (χ1) is 10.6. The van der Waals surface area contributed by atoms with Crippen molar-refractivity contribution in [2.75, 3.05) is 6.61 Å². The minimum atomic E-state index is -0.250. The van der Waals surface area contributed by atoms with Gasteiger partial charge in [-0.2, -0.15) is 5.10 Å². The summed E-state index contributed by atoms with van der Waals surface area (Å²) < 4.78 is 6.35. The first-order valence-corrected chi connectivity index (χ1v) is 7.73. The van der Waals surface area contributed by atoms with Crippen molar-refractivity contribution in [2.24, 2.45) is 5.10 Å². The summed E-state index contributed by atoms with van der Waals surface area (Å²) in [4.78, 5) is 12.0. The van der Waals surface area contributed by atoms with E-state index in [1.54, 1.807) is 24.3 Å². The van der Waals surface area contributed by atoms with E-state index in [1.165, 1.54) is 0 Å². The highest BCUT2D eigenvalue weighted by molar-refractivity contribution is 9.10. The van der Waals surface area contributed by atoms with E-state index >= 15 is 0 Å². The molecular formula is C17H17BrN2O2. The second kappa shape index (κ2) is 7.75. The van der Waals surface area contributed by atoms with Crippen LogP contribution in [0.15, 0.2) is 58.1 Å². The normalized spacial score (nSPS) is 11.1. The summed E-state index contributed by atoms with van der Waals surface area (Å²) in [6, 6.07) is 14.7. The Labute approximate surface area is 138 Å². The van der Waals surface area contributed by atoms with E-state index in [0.29, 0.717) is 12.2 Å². The molecule has 1 N–H and O–H groups in total. The molecule has 2 aromatic carbocycles. The van der Waals surface area contributed by atoms with E-state index in [0.717, 1.165) is 21.5 Å². The van der Waals surface area contributed by atoms with Crippen molar-refractivity contribution in [1.29, 1.82) is 0 Å². The van der Waals surface area contributed by atoms with Crippen molar-refractivity contribution in [3.05, 3.63) is 64.1 Å². The molecule has 0 radical (unpaired) electrons. The number of hydrogen-bond acceptors (Lipinski definition) is 3. The lowest BCUT2D eigenvalue weighted by Crippen LogP contribution is -2.19. The van der Waals surface area contributed by atoms with E-state index in [2.05, 4.69) is 26.5 Å². The Morgan fingerprint density at radius 2 is 1.68 bits per heavy atom. The number of ether oxygens (including phenoxy) is 1. The van der Waals surface area contributed by atoms with Crippen LogP contribution in [0, 0.1) is 0 Å². The minimum absolute atomic E-state index is 0.250. The number of carbonyl (C=O) groups excluding carboxylic acids is 1. The lowest BCUT2D eigenvalue weighted by atomic mass is 10.1. The number of benzene rings is 2. The number of hydrazone groups is 1. The van der Waals surface area contributed by atoms with Crippen LogP contribution >= 0.6 is 15.9 Å². The van der Waals surface area contributed by atoms with Crippen LogP contribution in [0.1, 0.15) is 29.8 Å². The highest BCUT2D eigenvalue weighted by atomic mass is 79.9. The molecule has 0 aliphatic rings. The number of carbonyl (C=O) groups is 1.